The summed E-state index contributed by atoms with van der Waals surface area (Å²) in [4.78, 5) is 22.8. The van der Waals surface area contributed by atoms with E-state index in [0.717, 1.165) is 4.47 Å². The van der Waals surface area contributed by atoms with Gasteiger partial charge in [0.2, 0.25) is 0 Å². The summed E-state index contributed by atoms with van der Waals surface area (Å²) >= 11 is 3.29. The molecular formula is C13H17BrN2O4. The highest BCUT2D eigenvalue weighted by molar-refractivity contribution is 9.10. The van der Waals surface area contributed by atoms with E-state index in [1.54, 1.807) is 31.4 Å². The van der Waals surface area contributed by atoms with Gasteiger partial charge in [-0.3, -0.25) is 0 Å². The topological polar surface area (TPSA) is 87.7 Å². The molecule has 0 aliphatic rings. The van der Waals surface area contributed by atoms with Gasteiger partial charge in [-0.05, 0) is 37.1 Å². The number of ether oxygens (including phenoxy) is 1. The van der Waals surface area contributed by atoms with E-state index in [1.807, 2.05) is 0 Å². The summed E-state index contributed by atoms with van der Waals surface area (Å²) in [6.07, 6.45) is 0.878. The summed E-state index contributed by atoms with van der Waals surface area (Å²) in [6.45, 7) is 0.458. The number of urea groups is 1. The minimum absolute atomic E-state index is 0.316. The normalized spacial score (nSPS) is 11.7. The zero-order valence-corrected chi connectivity index (χ0v) is 12.6. The summed E-state index contributed by atoms with van der Waals surface area (Å²) < 4.78 is 5.75. The monoisotopic (exact) mass is 344 g/mol. The van der Waals surface area contributed by atoms with Gasteiger partial charge in [-0.15, -0.1) is 0 Å². The van der Waals surface area contributed by atoms with Gasteiger partial charge in [-0.25, -0.2) is 9.59 Å². The van der Waals surface area contributed by atoms with E-state index in [2.05, 4.69) is 26.6 Å². The van der Waals surface area contributed by atoms with E-state index in [1.165, 1.54) is 0 Å². The van der Waals surface area contributed by atoms with E-state index < -0.39 is 18.0 Å². The van der Waals surface area contributed by atoms with Crippen LogP contribution in [0.15, 0.2) is 28.7 Å². The average molecular weight is 345 g/mol. The molecule has 0 bridgehead atoms. The van der Waals surface area contributed by atoms with Gasteiger partial charge in [-0.2, -0.15) is 0 Å². The first-order valence-electron chi connectivity index (χ1n) is 6.07. The number of hydrogen-bond donors (Lipinski definition) is 3. The molecule has 0 saturated carbocycles. The van der Waals surface area contributed by atoms with Crippen LogP contribution < -0.4 is 10.6 Å². The first-order chi connectivity index (χ1) is 9.52. The minimum atomic E-state index is -1.06. The molecule has 0 aliphatic carbocycles. The standard InChI is InChI=1S/C13H17BrN2O4/c1-20-8-2-3-11(12(17)18)16-13(19)15-10-6-4-9(14)5-7-10/h4-7,11H,2-3,8H2,1H3,(H,17,18)(H2,15,16,19). The molecule has 0 spiro atoms. The molecule has 0 aromatic heterocycles. The van der Waals surface area contributed by atoms with Crippen molar-refractivity contribution >= 4 is 33.6 Å². The smallest absolute Gasteiger partial charge is 0.326 e. The van der Waals surface area contributed by atoms with Gasteiger partial charge >= 0.3 is 12.0 Å². The number of amides is 2. The maximum Gasteiger partial charge on any atom is 0.326 e. The van der Waals surface area contributed by atoms with Crippen molar-refractivity contribution < 1.29 is 19.4 Å². The highest BCUT2D eigenvalue weighted by Crippen LogP contribution is 2.14. The zero-order valence-electron chi connectivity index (χ0n) is 11.1. The summed E-state index contributed by atoms with van der Waals surface area (Å²) in [7, 11) is 1.55. The van der Waals surface area contributed by atoms with Crippen LogP contribution in [-0.2, 0) is 9.53 Å². The predicted molar refractivity (Wildman–Crippen MR) is 78.8 cm³/mol. The summed E-state index contributed by atoms with van der Waals surface area (Å²) in [5.74, 6) is -1.06. The lowest BCUT2D eigenvalue weighted by molar-refractivity contribution is -0.139. The van der Waals surface area contributed by atoms with E-state index in [0.29, 0.717) is 25.1 Å². The number of nitrogens with one attached hydrogen (secondary N) is 2. The Labute approximate surface area is 125 Å². The van der Waals surface area contributed by atoms with Crippen molar-refractivity contribution in [3.63, 3.8) is 0 Å². The lowest BCUT2D eigenvalue weighted by atomic mass is 10.1. The highest BCUT2D eigenvalue weighted by atomic mass is 79.9. The fourth-order valence-corrected chi connectivity index (χ4v) is 1.81. The molecule has 2 amide bonds. The Morgan fingerprint density at radius 1 is 1.35 bits per heavy atom. The molecule has 0 radical (unpaired) electrons. The molecule has 1 atom stereocenters. The molecule has 1 unspecified atom stereocenters. The molecule has 1 aromatic rings. The van der Waals surface area contributed by atoms with Crippen LogP contribution in [0, 0.1) is 0 Å². The van der Waals surface area contributed by atoms with E-state index in [-0.39, 0.29) is 0 Å². The van der Waals surface area contributed by atoms with Crippen molar-refractivity contribution in [3.05, 3.63) is 28.7 Å². The van der Waals surface area contributed by atoms with Gasteiger partial charge in [0.25, 0.3) is 0 Å². The molecule has 1 aromatic carbocycles. The van der Waals surface area contributed by atoms with E-state index >= 15 is 0 Å². The van der Waals surface area contributed by atoms with Crippen molar-refractivity contribution in [1.82, 2.24) is 5.32 Å². The number of carboxylic acid groups (broad SMARTS) is 1. The highest BCUT2D eigenvalue weighted by Gasteiger charge is 2.19. The van der Waals surface area contributed by atoms with Crippen molar-refractivity contribution in [1.29, 1.82) is 0 Å². The van der Waals surface area contributed by atoms with Crippen LogP contribution in [0.25, 0.3) is 0 Å². The lowest BCUT2D eigenvalue weighted by Gasteiger charge is -2.15. The maximum absolute atomic E-state index is 11.7. The lowest BCUT2D eigenvalue weighted by Crippen LogP contribution is -2.43. The molecule has 0 fully saturated rings. The van der Waals surface area contributed by atoms with Crippen LogP contribution in [0.3, 0.4) is 0 Å². The van der Waals surface area contributed by atoms with Gasteiger partial charge in [0.15, 0.2) is 0 Å². The third-order valence-corrected chi connectivity index (χ3v) is 3.08. The molecule has 20 heavy (non-hydrogen) atoms. The number of benzene rings is 1. The van der Waals surface area contributed by atoms with Gasteiger partial charge < -0.3 is 20.5 Å². The van der Waals surface area contributed by atoms with Crippen LogP contribution >= 0.6 is 15.9 Å². The first kappa shape index (κ1) is 16.5. The fourth-order valence-electron chi connectivity index (χ4n) is 1.55. The van der Waals surface area contributed by atoms with Crippen molar-refractivity contribution in [2.45, 2.75) is 18.9 Å². The largest absolute Gasteiger partial charge is 0.480 e. The Morgan fingerprint density at radius 3 is 2.55 bits per heavy atom. The second-order valence-electron chi connectivity index (χ2n) is 4.13. The molecule has 7 heteroatoms. The fraction of sp³-hybridized carbons (Fsp3) is 0.385. The van der Waals surface area contributed by atoms with Crippen LogP contribution in [0.2, 0.25) is 0 Å². The van der Waals surface area contributed by atoms with Gasteiger partial charge in [0.1, 0.15) is 6.04 Å². The Bertz CT molecular complexity index is 450. The molecule has 0 heterocycles. The van der Waals surface area contributed by atoms with Crippen LogP contribution in [0.1, 0.15) is 12.8 Å². The molecule has 110 valence electrons. The summed E-state index contributed by atoms with van der Waals surface area (Å²) in [5.41, 5.74) is 0.590. The molecule has 6 nitrogen and oxygen atoms in total. The SMILES string of the molecule is COCCCC(NC(=O)Nc1ccc(Br)cc1)C(=O)O. The number of methoxy groups -OCH3 is 1. The maximum atomic E-state index is 11.7. The predicted octanol–water partition coefficient (Wildman–Crippen LogP) is 2.45. The Hall–Kier alpha value is -1.60. The van der Waals surface area contributed by atoms with Gasteiger partial charge in [-0.1, -0.05) is 15.9 Å². The summed E-state index contributed by atoms with van der Waals surface area (Å²) in [6, 6.07) is 5.51. The number of anilines is 1. The van der Waals surface area contributed by atoms with E-state index in [9.17, 15) is 9.59 Å². The number of aliphatic carboxylic acids is 1. The van der Waals surface area contributed by atoms with Gasteiger partial charge in [0, 0.05) is 23.9 Å². The Kier molecular flexibility index (Phi) is 7.03. The van der Waals surface area contributed by atoms with Crippen LogP contribution in [0.4, 0.5) is 10.5 Å². The van der Waals surface area contributed by atoms with Gasteiger partial charge in [0.05, 0.1) is 0 Å². The number of hydrogen-bond acceptors (Lipinski definition) is 3. The summed E-state index contributed by atoms with van der Waals surface area (Å²) in [5, 5.41) is 14.0. The number of rotatable bonds is 7. The molecule has 0 aliphatic heterocycles. The molecule has 1 rings (SSSR count). The Balaban J connectivity index is 2.48. The number of carbonyl (C=O) groups is 2. The van der Waals surface area contributed by atoms with E-state index in [4.69, 9.17) is 9.84 Å². The molecular weight excluding hydrogens is 328 g/mol. The van der Waals surface area contributed by atoms with Crippen LogP contribution in [0.5, 0.6) is 0 Å². The third-order valence-electron chi connectivity index (χ3n) is 2.55. The third kappa shape index (κ3) is 6.03. The number of halogens is 1. The second kappa shape index (κ2) is 8.55. The van der Waals surface area contributed by atoms with Crippen LogP contribution in [-0.4, -0.2) is 36.9 Å². The average Bonchev–Trinajstić information content (AvgIpc) is 2.40. The second-order valence-corrected chi connectivity index (χ2v) is 5.05. The Morgan fingerprint density at radius 2 is 2.00 bits per heavy atom. The quantitative estimate of drug-likeness (QED) is 0.663. The molecule has 0 saturated heterocycles. The van der Waals surface area contributed by atoms with Crippen molar-refractivity contribution in [2.75, 3.05) is 19.0 Å². The van der Waals surface area contributed by atoms with Crippen molar-refractivity contribution in [3.8, 4) is 0 Å². The molecule has 3 N–H and O–H groups in total. The van der Waals surface area contributed by atoms with Crippen molar-refractivity contribution in [2.24, 2.45) is 0 Å². The number of carboxylic acids is 1. The first-order valence-corrected chi connectivity index (χ1v) is 6.87. The minimum Gasteiger partial charge on any atom is -0.480 e. The number of carbonyl (C=O) groups excluding carboxylic acids is 1. The zero-order chi connectivity index (χ0) is 15.0.